The number of carbonyl (C=O) groups is 2. The van der Waals surface area contributed by atoms with Crippen LogP contribution in [-0.4, -0.2) is 49.3 Å². The molecule has 6 nitrogen and oxygen atoms in total. The van der Waals surface area contributed by atoms with Gasteiger partial charge >= 0.3 is 5.97 Å². The Morgan fingerprint density at radius 3 is 2.52 bits per heavy atom. The summed E-state index contributed by atoms with van der Waals surface area (Å²) in [5.41, 5.74) is 0. The zero-order valence-corrected chi connectivity index (χ0v) is 14.7. The molecule has 23 heavy (non-hydrogen) atoms. The number of amides is 1. The molecule has 0 aromatic carbocycles. The van der Waals surface area contributed by atoms with Crippen molar-refractivity contribution in [3.8, 4) is 0 Å². The second-order valence-electron chi connectivity index (χ2n) is 5.73. The molecule has 0 fully saturated rings. The Morgan fingerprint density at radius 2 is 1.83 bits per heavy atom. The summed E-state index contributed by atoms with van der Waals surface area (Å²) in [5, 5.41) is 15.6. The van der Waals surface area contributed by atoms with Gasteiger partial charge in [0.05, 0.1) is 6.10 Å². The quantitative estimate of drug-likeness (QED) is 0.314. The molecule has 0 spiro atoms. The number of ether oxygens (including phenoxy) is 1. The van der Waals surface area contributed by atoms with Gasteiger partial charge in [-0.25, -0.2) is 0 Å². The number of unbranched alkanes of at least 4 members (excludes halogenated alkanes) is 4. The first kappa shape index (κ1) is 21.9. The van der Waals surface area contributed by atoms with Gasteiger partial charge in [0.2, 0.25) is 5.91 Å². The highest BCUT2D eigenvalue weighted by Gasteiger charge is 2.06. The third kappa shape index (κ3) is 15.5. The molecule has 0 aromatic rings. The van der Waals surface area contributed by atoms with Crippen molar-refractivity contribution in [1.29, 1.82) is 0 Å². The monoisotopic (exact) mass is 330 g/mol. The van der Waals surface area contributed by atoms with E-state index in [1.807, 2.05) is 0 Å². The van der Waals surface area contributed by atoms with Gasteiger partial charge in [0.25, 0.3) is 0 Å². The lowest BCUT2D eigenvalue weighted by atomic mass is 10.1. The van der Waals surface area contributed by atoms with Gasteiger partial charge in [0, 0.05) is 32.5 Å². The number of rotatable bonds is 15. The topological polar surface area (TPSA) is 87.7 Å². The van der Waals surface area contributed by atoms with Gasteiger partial charge in [-0.2, -0.15) is 0 Å². The van der Waals surface area contributed by atoms with E-state index in [0.717, 1.165) is 12.8 Å². The van der Waals surface area contributed by atoms with Crippen LogP contribution in [0.1, 0.15) is 65.2 Å². The predicted octanol–water partition coefficient (Wildman–Crippen LogP) is 1.76. The summed E-state index contributed by atoms with van der Waals surface area (Å²) in [5.74, 6) is -0.155. The molecule has 0 saturated carbocycles. The lowest BCUT2D eigenvalue weighted by molar-refractivity contribution is -0.143. The van der Waals surface area contributed by atoms with Crippen molar-refractivity contribution >= 4 is 11.9 Å². The summed E-state index contributed by atoms with van der Waals surface area (Å²) in [4.78, 5) is 22.5. The summed E-state index contributed by atoms with van der Waals surface area (Å²) in [6, 6.07) is 0. The van der Waals surface area contributed by atoms with Crippen LogP contribution in [0.2, 0.25) is 0 Å². The third-order valence-corrected chi connectivity index (χ3v) is 3.52. The summed E-state index contributed by atoms with van der Waals surface area (Å²) in [6.45, 7) is 5.67. The van der Waals surface area contributed by atoms with Crippen LogP contribution in [0, 0.1) is 0 Å². The fourth-order valence-electron chi connectivity index (χ4n) is 2.07. The molecule has 0 aliphatic rings. The molecule has 0 aromatic heterocycles. The molecule has 0 aliphatic heterocycles. The largest absolute Gasteiger partial charge is 0.464 e. The average Bonchev–Trinajstić information content (AvgIpc) is 2.54. The number of aliphatic hydroxyl groups is 1. The molecule has 0 rings (SSSR count). The van der Waals surface area contributed by atoms with Crippen LogP contribution in [0.15, 0.2) is 0 Å². The lowest BCUT2D eigenvalue weighted by Gasteiger charge is -2.12. The number of aliphatic hydroxyl groups excluding tert-OH is 1. The number of hydrogen-bond donors (Lipinski definition) is 3. The lowest BCUT2D eigenvalue weighted by Crippen LogP contribution is -2.33. The van der Waals surface area contributed by atoms with E-state index in [-0.39, 0.29) is 11.9 Å². The first-order valence-electron chi connectivity index (χ1n) is 8.91. The Bertz CT molecular complexity index is 311. The molecule has 0 radical (unpaired) electrons. The number of carbonyl (C=O) groups excluding carboxylic acids is 2. The zero-order valence-electron chi connectivity index (χ0n) is 14.7. The van der Waals surface area contributed by atoms with Gasteiger partial charge in [0.1, 0.15) is 6.61 Å². The molecule has 0 bridgehead atoms. The summed E-state index contributed by atoms with van der Waals surface area (Å²) >= 11 is 0. The maximum atomic E-state index is 11.6. The van der Waals surface area contributed by atoms with E-state index in [1.54, 1.807) is 6.92 Å². The van der Waals surface area contributed by atoms with Crippen LogP contribution in [0.25, 0.3) is 0 Å². The fraction of sp³-hybridized carbons (Fsp3) is 0.882. The Balaban J connectivity index is 3.39. The molecule has 136 valence electrons. The number of hydrogen-bond acceptors (Lipinski definition) is 5. The van der Waals surface area contributed by atoms with Crippen molar-refractivity contribution in [2.45, 2.75) is 71.3 Å². The molecular formula is C17H34N2O4. The molecule has 0 saturated heterocycles. The van der Waals surface area contributed by atoms with E-state index in [1.165, 1.54) is 19.3 Å². The van der Waals surface area contributed by atoms with E-state index in [2.05, 4.69) is 17.6 Å². The SMILES string of the molecule is CCCCCCCC(=O)NCCC(O)CNCCOC(=O)CC. The smallest absolute Gasteiger partial charge is 0.305 e. The van der Waals surface area contributed by atoms with E-state index in [0.29, 0.717) is 45.5 Å². The Kier molecular flexibility index (Phi) is 15.0. The second kappa shape index (κ2) is 15.7. The van der Waals surface area contributed by atoms with Gasteiger partial charge < -0.3 is 20.5 Å². The van der Waals surface area contributed by atoms with E-state index in [4.69, 9.17) is 4.74 Å². The van der Waals surface area contributed by atoms with Gasteiger partial charge in [-0.05, 0) is 12.8 Å². The second-order valence-corrected chi connectivity index (χ2v) is 5.73. The summed E-state index contributed by atoms with van der Waals surface area (Å²) < 4.78 is 4.91. The molecule has 1 unspecified atom stereocenters. The predicted molar refractivity (Wildman–Crippen MR) is 91.1 cm³/mol. The van der Waals surface area contributed by atoms with Crippen molar-refractivity contribution < 1.29 is 19.4 Å². The number of esters is 1. The van der Waals surface area contributed by atoms with Crippen LogP contribution in [-0.2, 0) is 14.3 Å². The van der Waals surface area contributed by atoms with E-state index < -0.39 is 6.10 Å². The highest BCUT2D eigenvalue weighted by molar-refractivity contribution is 5.75. The van der Waals surface area contributed by atoms with E-state index >= 15 is 0 Å². The maximum Gasteiger partial charge on any atom is 0.305 e. The molecular weight excluding hydrogens is 296 g/mol. The first-order valence-corrected chi connectivity index (χ1v) is 8.91. The van der Waals surface area contributed by atoms with E-state index in [9.17, 15) is 14.7 Å². The molecule has 0 aliphatic carbocycles. The normalized spacial score (nSPS) is 12.0. The van der Waals surface area contributed by atoms with Crippen LogP contribution >= 0.6 is 0 Å². The standard InChI is InChI=1S/C17H34N2O4/c1-3-5-6-7-8-9-16(21)19-11-10-15(20)14-18-12-13-23-17(22)4-2/h15,18,20H,3-14H2,1-2H3,(H,19,21). The van der Waals surface area contributed by atoms with Gasteiger partial charge in [-0.3, -0.25) is 9.59 Å². The maximum absolute atomic E-state index is 11.6. The highest BCUT2D eigenvalue weighted by Crippen LogP contribution is 2.04. The van der Waals surface area contributed by atoms with Crippen molar-refractivity contribution in [3.63, 3.8) is 0 Å². The van der Waals surface area contributed by atoms with Gasteiger partial charge in [-0.1, -0.05) is 39.5 Å². The van der Waals surface area contributed by atoms with Crippen molar-refractivity contribution in [2.24, 2.45) is 0 Å². The van der Waals surface area contributed by atoms with Crippen LogP contribution < -0.4 is 10.6 Å². The number of nitrogens with one attached hydrogen (secondary N) is 2. The molecule has 1 atom stereocenters. The van der Waals surface area contributed by atoms with Crippen molar-refractivity contribution in [1.82, 2.24) is 10.6 Å². The molecule has 3 N–H and O–H groups in total. The van der Waals surface area contributed by atoms with Gasteiger partial charge in [0.15, 0.2) is 0 Å². The Labute approximate surface area is 140 Å². The van der Waals surface area contributed by atoms with Crippen LogP contribution in [0.4, 0.5) is 0 Å². The zero-order chi connectivity index (χ0) is 17.3. The molecule has 0 heterocycles. The Hall–Kier alpha value is -1.14. The fourth-order valence-corrected chi connectivity index (χ4v) is 2.07. The molecule has 1 amide bonds. The first-order chi connectivity index (χ1) is 11.1. The minimum Gasteiger partial charge on any atom is -0.464 e. The molecule has 6 heteroatoms. The average molecular weight is 330 g/mol. The van der Waals surface area contributed by atoms with Gasteiger partial charge in [-0.15, -0.1) is 0 Å². The van der Waals surface area contributed by atoms with Crippen LogP contribution in [0.5, 0.6) is 0 Å². The summed E-state index contributed by atoms with van der Waals surface area (Å²) in [7, 11) is 0. The summed E-state index contributed by atoms with van der Waals surface area (Å²) in [6.07, 6.45) is 6.63. The third-order valence-electron chi connectivity index (χ3n) is 3.52. The minimum atomic E-state index is -0.512. The minimum absolute atomic E-state index is 0.0631. The Morgan fingerprint density at radius 1 is 1.09 bits per heavy atom. The van der Waals surface area contributed by atoms with Crippen molar-refractivity contribution in [2.75, 3.05) is 26.2 Å². The van der Waals surface area contributed by atoms with Crippen LogP contribution in [0.3, 0.4) is 0 Å². The van der Waals surface area contributed by atoms with Crippen molar-refractivity contribution in [3.05, 3.63) is 0 Å². The highest BCUT2D eigenvalue weighted by atomic mass is 16.5.